The molecule has 0 bridgehead atoms. The number of rotatable bonds is 6. The van der Waals surface area contributed by atoms with E-state index in [0.717, 1.165) is 17.1 Å². The summed E-state index contributed by atoms with van der Waals surface area (Å²) in [7, 11) is 0. The number of hydrogen-bond acceptors (Lipinski definition) is 2. The Morgan fingerprint density at radius 1 is 0.905 bits per heavy atom. The Morgan fingerprint density at radius 2 is 1.48 bits per heavy atom. The molecule has 0 heterocycles. The van der Waals surface area contributed by atoms with E-state index >= 15 is 0 Å². The summed E-state index contributed by atoms with van der Waals surface area (Å²) in [6, 6.07) is 14.6. The first-order chi connectivity index (χ1) is 10.2. The Balaban J connectivity index is 2.30. The smallest absolute Gasteiger partial charge is 0.161 e. The van der Waals surface area contributed by atoms with Crippen molar-refractivity contribution in [3.8, 4) is 11.5 Å². The normalized spacial score (nSPS) is 12.0. The maximum absolute atomic E-state index is 5.69. The highest BCUT2D eigenvalue weighted by atomic mass is 127. The van der Waals surface area contributed by atoms with Gasteiger partial charge in [-0.15, -0.1) is 0 Å². The van der Waals surface area contributed by atoms with Gasteiger partial charge in [-0.25, -0.2) is 0 Å². The zero-order valence-corrected chi connectivity index (χ0v) is 15.8. The van der Waals surface area contributed by atoms with E-state index in [2.05, 4.69) is 68.9 Å². The Hall–Kier alpha value is -0.750. The number of hydrogen-bond donors (Lipinski definition) is 0. The fourth-order valence-corrected chi connectivity index (χ4v) is 3.00. The molecule has 0 saturated carbocycles. The molecule has 2 rings (SSSR count). The van der Waals surface area contributed by atoms with Crippen molar-refractivity contribution in [2.75, 3.05) is 13.2 Å². The summed E-state index contributed by atoms with van der Waals surface area (Å²) in [5.41, 5.74) is 2.38. The zero-order valence-electron chi connectivity index (χ0n) is 12.1. The van der Waals surface area contributed by atoms with E-state index in [1.54, 1.807) is 0 Å². The van der Waals surface area contributed by atoms with Gasteiger partial charge in [0, 0.05) is 3.57 Å². The maximum Gasteiger partial charge on any atom is 0.161 e. The molecular weight excluding hydrogens is 443 g/mol. The molecule has 0 amide bonds. The van der Waals surface area contributed by atoms with Gasteiger partial charge in [-0.1, -0.05) is 34.1 Å². The van der Waals surface area contributed by atoms with E-state index in [9.17, 15) is 0 Å². The first-order valence-corrected chi connectivity index (χ1v) is 8.94. The van der Waals surface area contributed by atoms with E-state index in [1.165, 1.54) is 9.13 Å². The highest BCUT2D eigenvalue weighted by molar-refractivity contribution is 14.1. The molecular formula is C17H18BrIO2. The first kappa shape index (κ1) is 16.6. The average Bonchev–Trinajstić information content (AvgIpc) is 2.49. The standard InChI is InChI=1S/C17H18BrIO2/c1-3-20-15-10-7-13(11-16(15)21-4-2)17(18)12-5-8-14(19)9-6-12/h5-11,17H,3-4H2,1-2H3. The Bertz CT molecular complexity index is 584. The molecule has 2 aromatic rings. The molecule has 4 heteroatoms. The Kier molecular flexibility index (Phi) is 6.36. The summed E-state index contributed by atoms with van der Waals surface area (Å²) in [6.07, 6.45) is 0. The number of benzene rings is 2. The van der Waals surface area contributed by atoms with Crippen LogP contribution in [-0.4, -0.2) is 13.2 Å². The van der Waals surface area contributed by atoms with Crippen LogP contribution in [-0.2, 0) is 0 Å². The van der Waals surface area contributed by atoms with Gasteiger partial charge in [-0.2, -0.15) is 0 Å². The first-order valence-electron chi connectivity index (χ1n) is 6.94. The van der Waals surface area contributed by atoms with Crippen LogP contribution in [0.15, 0.2) is 42.5 Å². The second kappa shape index (κ2) is 8.03. The summed E-state index contributed by atoms with van der Waals surface area (Å²) < 4.78 is 12.5. The molecule has 0 saturated heterocycles. The minimum atomic E-state index is 0.143. The molecule has 112 valence electrons. The van der Waals surface area contributed by atoms with Crippen LogP contribution in [0.2, 0.25) is 0 Å². The van der Waals surface area contributed by atoms with Crippen LogP contribution < -0.4 is 9.47 Å². The van der Waals surface area contributed by atoms with Crippen LogP contribution in [0.25, 0.3) is 0 Å². The number of halogens is 2. The lowest BCUT2D eigenvalue weighted by molar-refractivity contribution is 0.287. The molecule has 1 unspecified atom stereocenters. The van der Waals surface area contributed by atoms with Gasteiger partial charge in [0.1, 0.15) is 0 Å². The van der Waals surface area contributed by atoms with E-state index in [0.29, 0.717) is 13.2 Å². The molecule has 0 aromatic heterocycles. The van der Waals surface area contributed by atoms with Crippen molar-refractivity contribution < 1.29 is 9.47 Å². The highest BCUT2D eigenvalue weighted by Crippen LogP contribution is 2.36. The molecule has 0 N–H and O–H groups in total. The van der Waals surface area contributed by atoms with Gasteiger partial charge in [-0.05, 0) is 71.8 Å². The van der Waals surface area contributed by atoms with Crippen molar-refractivity contribution in [3.63, 3.8) is 0 Å². The van der Waals surface area contributed by atoms with Gasteiger partial charge in [0.15, 0.2) is 11.5 Å². The van der Waals surface area contributed by atoms with Crippen molar-refractivity contribution >= 4 is 38.5 Å². The molecule has 0 aliphatic carbocycles. The average molecular weight is 461 g/mol. The van der Waals surface area contributed by atoms with Crippen LogP contribution in [0.3, 0.4) is 0 Å². The summed E-state index contributed by atoms with van der Waals surface area (Å²) in [6.45, 7) is 5.21. The minimum Gasteiger partial charge on any atom is -0.490 e. The molecule has 0 fully saturated rings. The Labute approximate surface area is 148 Å². The maximum atomic E-state index is 5.69. The van der Waals surface area contributed by atoms with Crippen molar-refractivity contribution in [2.45, 2.75) is 18.7 Å². The number of ether oxygens (including phenoxy) is 2. The van der Waals surface area contributed by atoms with E-state index < -0.39 is 0 Å². The van der Waals surface area contributed by atoms with Crippen molar-refractivity contribution in [3.05, 3.63) is 57.2 Å². The van der Waals surface area contributed by atoms with Crippen molar-refractivity contribution in [1.29, 1.82) is 0 Å². The van der Waals surface area contributed by atoms with Gasteiger partial charge in [0.2, 0.25) is 0 Å². The van der Waals surface area contributed by atoms with Crippen LogP contribution in [0.5, 0.6) is 11.5 Å². The predicted molar refractivity (Wildman–Crippen MR) is 98.7 cm³/mol. The van der Waals surface area contributed by atoms with E-state index in [-0.39, 0.29) is 4.83 Å². The highest BCUT2D eigenvalue weighted by Gasteiger charge is 2.14. The summed E-state index contributed by atoms with van der Waals surface area (Å²) >= 11 is 6.08. The molecule has 0 spiro atoms. The van der Waals surface area contributed by atoms with Crippen LogP contribution >= 0.6 is 38.5 Å². The third-order valence-corrected chi connectivity index (χ3v) is 4.80. The third kappa shape index (κ3) is 4.36. The fraction of sp³-hybridized carbons (Fsp3) is 0.294. The van der Waals surface area contributed by atoms with Crippen LogP contribution in [0, 0.1) is 3.57 Å². The van der Waals surface area contributed by atoms with Crippen LogP contribution in [0.1, 0.15) is 29.8 Å². The van der Waals surface area contributed by atoms with E-state index in [4.69, 9.17) is 9.47 Å². The summed E-state index contributed by atoms with van der Waals surface area (Å²) in [5, 5.41) is 0. The molecule has 2 nitrogen and oxygen atoms in total. The molecule has 1 atom stereocenters. The van der Waals surface area contributed by atoms with Crippen molar-refractivity contribution in [1.82, 2.24) is 0 Å². The number of alkyl halides is 1. The Morgan fingerprint density at radius 3 is 2.10 bits per heavy atom. The lowest BCUT2D eigenvalue weighted by Crippen LogP contribution is -2.00. The lowest BCUT2D eigenvalue weighted by Gasteiger charge is -2.15. The monoisotopic (exact) mass is 460 g/mol. The van der Waals surface area contributed by atoms with Gasteiger partial charge in [-0.3, -0.25) is 0 Å². The second-order valence-electron chi connectivity index (χ2n) is 4.49. The molecule has 0 radical (unpaired) electrons. The molecule has 0 aliphatic heterocycles. The second-order valence-corrected chi connectivity index (χ2v) is 6.65. The topological polar surface area (TPSA) is 18.5 Å². The largest absolute Gasteiger partial charge is 0.490 e. The van der Waals surface area contributed by atoms with Gasteiger partial charge >= 0.3 is 0 Å². The van der Waals surface area contributed by atoms with Gasteiger partial charge in [0.25, 0.3) is 0 Å². The molecule has 21 heavy (non-hydrogen) atoms. The zero-order chi connectivity index (χ0) is 15.2. The van der Waals surface area contributed by atoms with Crippen molar-refractivity contribution in [2.24, 2.45) is 0 Å². The summed E-state index contributed by atoms with van der Waals surface area (Å²) in [5.74, 6) is 1.59. The lowest BCUT2D eigenvalue weighted by atomic mass is 10.0. The van der Waals surface area contributed by atoms with E-state index in [1.807, 2.05) is 26.0 Å². The van der Waals surface area contributed by atoms with Crippen LogP contribution in [0.4, 0.5) is 0 Å². The molecule has 2 aromatic carbocycles. The fourth-order valence-electron chi connectivity index (χ4n) is 2.05. The minimum absolute atomic E-state index is 0.143. The van der Waals surface area contributed by atoms with Gasteiger partial charge in [0.05, 0.1) is 18.0 Å². The molecule has 0 aliphatic rings. The quantitative estimate of drug-likeness (QED) is 0.414. The third-order valence-electron chi connectivity index (χ3n) is 3.02. The SMILES string of the molecule is CCOc1ccc(C(Br)c2ccc(I)cc2)cc1OCC. The summed E-state index contributed by atoms with van der Waals surface area (Å²) in [4.78, 5) is 0.143. The van der Waals surface area contributed by atoms with Gasteiger partial charge < -0.3 is 9.47 Å². The predicted octanol–water partition coefficient (Wildman–Crippen LogP) is 5.57.